The molecule has 1 aromatic carbocycles. The zero-order chi connectivity index (χ0) is 14.5. The van der Waals surface area contributed by atoms with E-state index in [0.29, 0.717) is 6.54 Å². The summed E-state index contributed by atoms with van der Waals surface area (Å²) in [5, 5.41) is 0. The molecule has 20 heavy (non-hydrogen) atoms. The Balaban J connectivity index is 2.18. The Labute approximate surface area is 120 Å². The van der Waals surface area contributed by atoms with Gasteiger partial charge in [0.25, 0.3) is 0 Å². The molecule has 0 saturated carbocycles. The van der Waals surface area contributed by atoms with Gasteiger partial charge in [-0.15, -0.1) is 0 Å². The summed E-state index contributed by atoms with van der Waals surface area (Å²) in [6.07, 6.45) is 3.74. The number of aryl methyl sites for hydroxylation is 1. The van der Waals surface area contributed by atoms with Gasteiger partial charge in [-0.05, 0) is 49.7 Å². The predicted molar refractivity (Wildman–Crippen MR) is 81.4 cm³/mol. The summed E-state index contributed by atoms with van der Waals surface area (Å²) in [6.45, 7) is 4.91. The first-order valence-corrected chi connectivity index (χ1v) is 6.73. The number of pyridine rings is 1. The number of carbonyl (C=O) groups is 1. The van der Waals surface area contributed by atoms with E-state index in [0.717, 1.165) is 23.2 Å². The maximum absolute atomic E-state index is 11.1. The Morgan fingerprint density at radius 1 is 1.20 bits per heavy atom. The van der Waals surface area contributed by atoms with Gasteiger partial charge in [0.2, 0.25) is 0 Å². The van der Waals surface area contributed by atoms with Crippen LogP contribution in [0.5, 0.6) is 0 Å². The minimum absolute atomic E-state index is 0.187. The van der Waals surface area contributed by atoms with Gasteiger partial charge >= 0.3 is 0 Å². The first-order chi connectivity index (χ1) is 9.54. The number of benzene rings is 1. The number of hydrogen-bond donors (Lipinski definition) is 0. The van der Waals surface area contributed by atoms with E-state index in [1.54, 1.807) is 6.92 Å². The third kappa shape index (κ3) is 4.00. The summed E-state index contributed by atoms with van der Waals surface area (Å²) in [7, 11) is 1.96. The van der Waals surface area contributed by atoms with Crippen LogP contribution < -0.4 is 0 Å². The first-order valence-electron chi connectivity index (χ1n) is 6.73. The molecule has 0 unspecified atom stereocenters. The number of carbonyl (C=O) groups excluding carboxylic acids is 1. The van der Waals surface area contributed by atoms with Crippen LogP contribution in [0.25, 0.3) is 11.1 Å². The largest absolute Gasteiger partial charge is 0.299 e. The summed E-state index contributed by atoms with van der Waals surface area (Å²) >= 11 is 0. The monoisotopic (exact) mass is 268 g/mol. The quantitative estimate of drug-likeness (QED) is 0.835. The van der Waals surface area contributed by atoms with E-state index in [4.69, 9.17) is 0 Å². The van der Waals surface area contributed by atoms with Gasteiger partial charge in [-0.3, -0.25) is 14.7 Å². The van der Waals surface area contributed by atoms with Crippen molar-refractivity contribution < 1.29 is 4.79 Å². The van der Waals surface area contributed by atoms with Gasteiger partial charge in [-0.2, -0.15) is 0 Å². The third-order valence-electron chi connectivity index (χ3n) is 3.08. The smallest absolute Gasteiger partial charge is 0.143 e. The number of rotatable bonds is 5. The van der Waals surface area contributed by atoms with E-state index in [-0.39, 0.29) is 5.78 Å². The van der Waals surface area contributed by atoms with Gasteiger partial charge < -0.3 is 0 Å². The third-order valence-corrected chi connectivity index (χ3v) is 3.08. The second-order valence-corrected chi connectivity index (χ2v) is 5.33. The molecule has 0 atom stereocenters. The lowest BCUT2D eigenvalue weighted by atomic mass is 10.0. The van der Waals surface area contributed by atoms with Gasteiger partial charge in [-0.1, -0.05) is 18.2 Å². The van der Waals surface area contributed by atoms with Gasteiger partial charge in [0.1, 0.15) is 5.78 Å². The molecule has 0 saturated heterocycles. The van der Waals surface area contributed by atoms with Crippen molar-refractivity contribution in [2.45, 2.75) is 20.4 Å². The number of Topliss-reactive ketones (excluding diaryl/α,β-unsaturated/α-hetero) is 1. The fraction of sp³-hybridized carbons (Fsp3) is 0.294. The fourth-order valence-electron chi connectivity index (χ4n) is 2.31. The van der Waals surface area contributed by atoms with Crippen LogP contribution in [-0.4, -0.2) is 29.3 Å². The molecule has 3 nitrogen and oxygen atoms in total. The maximum Gasteiger partial charge on any atom is 0.143 e. The van der Waals surface area contributed by atoms with Gasteiger partial charge in [0, 0.05) is 24.5 Å². The molecule has 2 rings (SSSR count). The topological polar surface area (TPSA) is 33.2 Å². The normalized spacial score (nSPS) is 10.8. The average molecular weight is 268 g/mol. The molecule has 0 bridgehead atoms. The molecule has 2 aromatic rings. The Bertz CT molecular complexity index is 607. The molecular formula is C17H20N2O. The molecule has 0 aliphatic carbocycles. The molecule has 0 aliphatic heterocycles. The summed E-state index contributed by atoms with van der Waals surface area (Å²) < 4.78 is 0. The Kier molecular flexibility index (Phi) is 4.64. The zero-order valence-corrected chi connectivity index (χ0v) is 12.3. The number of ketones is 1. The fourth-order valence-corrected chi connectivity index (χ4v) is 2.31. The van der Waals surface area contributed by atoms with E-state index in [1.165, 1.54) is 5.56 Å². The predicted octanol–water partition coefficient (Wildman–Crippen LogP) is 3.08. The highest BCUT2D eigenvalue weighted by Crippen LogP contribution is 2.21. The average Bonchev–Trinajstić information content (AvgIpc) is 2.38. The lowest BCUT2D eigenvalue weighted by molar-refractivity contribution is -0.117. The highest BCUT2D eigenvalue weighted by Gasteiger charge is 2.05. The maximum atomic E-state index is 11.1. The molecule has 0 fully saturated rings. The molecule has 1 heterocycles. The van der Waals surface area contributed by atoms with E-state index < -0.39 is 0 Å². The highest BCUT2D eigenvalue weighted by molar-refractivity contribution is 5.77. The van der Waals surface area contributed by atoms with E-state index >= 15 is 0 Å². The number of nitrogens with zero attached hydrogens (tertiary/aromatic N) is 2. The Hall–Kier alpha value is -2.00. The lowest BCUT2D eigenvalue weighted by Gasteiger charge is -2.15. The van der Waals surface area contributed by atoms with Crippen molar-refractivity contribution in [2.75, 3.05) is 13.6 Å². The van der Waals surface area contributed by atoms with Crippen LogP contribution in [0.4, 0.5) is 0 Å². The standard InChI is InChI=1S/C17H20N2O/c1-13-7-17(10-18-9-13)16-6-4-5-15(8-16)12-19(3)11-14(2)20/h4-10H,11-12H2,1-3H3. The molecule has 0 aliphatic rings. The van der Waals surface area contributed by atoms with Crippen molar-refractivity contribution in [3.8, 4) is 11.1 Å². The minimum Gasteiger partial charge on any atom is -0.299 e. The number of hydrogen-bond acceptors (Lipinski definition) is 3. The van der Waals surface area contributed by atoms with E-state index in [9.17, 15) is 4.79 Å². The first kappa shape index (κ1) is 14.4. The highest BCUT2D eigenvalue weighted by atomic mass is 16.1. The summed E-state index contributed by atoms with van der Waals surface area (Å²) in [6, 6.07) is 10.5. The molecule has 1 aromatic heterocycles. The minimum atomic E-state index is 0.187. The Morgan fingerprint density at radius 2 is 2.00 bits per heavy atom. The van der Waals surface area contributed by atoms with Crippen molar-refractivity contribution in [1.82, 2.24) is 9.88 Å². The summed E-state index contributed by atoms with van der Waals surface area (Å²) in [5.41, 5.74) is 4.64. The van der Waals surface area contributed by atoms with Crippen molar-refractivity contribution in [3.63, 3.8) is 0 Å². The van der Waals surface area contributed by atoms with Crippen LogP contribution >= 0.6 is 0 Å². The molecular weight excluding hydrogens is 248 g/mol. The molecule has 0 spiro atoms. The van der Waals surface area contributed by atoms with Crippen LogP contribution in [0.1, 0.15) is 18.1 Å². The van der Waals surface area contributed by atoms with Crippen molar-refractivity contribution >= 4 is 5.78 Å². The zero-order valence-electron chi connectivity index (χ0n) is 12.3. The van der Waals surface area contributed by atoms with E-state index in [1.807, 2.05) is 31.3 Å². The van der Waals surface area contributed by atoms with Crippen molar-refractivity contribution in [3.05, 3.63) is 53.9 Å². The van der Waals surface area contributed by atoms with Gasteiger partial charge in [0.05, 0.1) is 6.54 Å². The number of likely N-dealkylation sites (N-methyl/N-ethyl adjacent to an activating group) is 1. The second kappa shape index (κ2) is 6.44. The summed E-state index contributed by atoms with van der Waals surface area (Å²) in [4.78, 5) is 17.4. The molecule has 0 amide bonds. The SMILES string of the molecule is CC(=O)CN(C)Cc1cccc(-c2cncc(C)c2)c1. The molecule has 0 radical (unpaired) electrons. The van der Waals surface area contributed by atoms with Gasteiger partial charge in [0.15, 0.2) is 0 Å². The van der Waals surface area contributed by atoms with Crippen molar-refractivity contribution in [1.29, 1.82) is 0 Å². The molecule has 0 N–H and O–H groups in total. The van der Waals surface area contributed by atoms with Crippen molar-refractivity contribution in [2.24, 2.45) is 0 Å². The van der Waals surface area contributed by atoms with Crippen LogP contribution in [0.15, 0.2) is 42.7 Å². The second-order valence-electron chi connectivity index (χ2n) is 5.33. The number of aromatic nitrogens is 1. The van der Waals surface area contributed by atoms with E-state index in [2.05, 4.69) is 35.3 Å². The van der Waals surface area contributed by atoms with Gasteiger partial charge in [-0.25, -0.2) is 0 Å². The lowest BCUT2D eigenvalue weighted by Crippen LogP contribution is -2.23. The molecule has 3 heteroatoms. The van der Waals surface area contributed by atoms with Crippen LogP contribution in [0.3, 0.4) is 0 Å². The van der Waals surface area contributed by atoms with Crippen LogP contribution in [0.2, 0.25) is 0 Å². The molecule has 104 valence electrons. The van der Waals surface area contributed by atoms with Crippen LogP contribution in [0, 0.1) is 6.92 Å². The summed E-state index contributed by atoms with van der Waals surface area (Å²) in [5.74, 6) is 0.187. The van der Waals surface area contributed by atoms with Crippen LogP contribution in [-0.2, 0) is 11.3 Å². The Morgan fingerprint density at radius 3 is 2.70 bits per heavy atom.